The van der Waals surface area contributed by atoms with Crippen LogP contribution in [0.3, 0.4) is 0 Å². The normalized spacial score (nSPS) is 26.7. The van der Waals surface area contributed by atoms with Gasteiger partial charge in [0.25, 0.3) is 5.91 Å². The molecule has 224 valence electrons. The van der Waals surface area contributed by atoms with Gasteiger partial charge in [-0.05, 0) is 34.6 Å². The second-order valence-electron chi connectivity index (χ2n) is 11.4. The number of aliphatic carboxylic acids is 2. The van der Waals surface area contributed by atoms with Crippen LogP contribution in [0.4, 0.5) is 0 Å². The number of carboxylic acids is 2. The first kappa shape index (κ1) is 36.9. The largest absolute Gasteiger partial charge is 1.00 e. The molecule has 3 fully saturated rings. The molecule has 3 aliphatic rings. The van der Waals surface area contributed by atoms with Crippen LogP contribution in [0.2, 0.25) is 0 Å². The van der Waals surface area contributed by atoms with E-state index in [0.717, 1.165) is 11.8 Å². The van der Waals surface area contributed by atoms with Gasteiger partial charge in [-0.1, -0.05) is 35.5 Å². The van der Waals surface area contributed by atoms with Crippen LogP contribution in [0.1, 0.15) is 43.8 Å². The number of carbonyl (C=O) groups excluding carboxylic acids is 5. The number of aryl methyl sites for hydroxylation is 1. The molecule has 17 heteroatoms. The predicted molar refractivity (Wildman–Crippen MR) is 148 cm³/mol. The van der Waals surface area contributed by atoms with Gasteiger partial charge in [0.15, 0.2) is 0 Å². The molecule has 0 saturated carbocycles. The number of rotatable bonds is 8. The smallest absolute Gasteiger partial charge is 0.548 e. The number of aromatic nitrogens is 1. The summed E-state index contributed by atoms with van der Waals surface area (Å²) in [5, 5.41) is 34.3. The van der Waals surface area contributed by atoms with Crippen molar-refractivity contribution in [3.05, 3.63) is 41.7 Å². The van der Waals surface area contributed by atoms with Crippen LogP contribution in [0.25, 0.3) is 11.3 Å². The van der Waals surface area contributed by atoms with Crippen LogP contribution in [0.5, 0.6) is 0 Å². The Hall–Kier alpha value is -1.56. The van der Waals surface area contributed by atoms with Crippen molar-refractivity contribution in [3.63, 3.8) is 0 Å². The minimum Gasteiger partial charge on any atom is -0.548 e. The molecule has 4 heterocycles. The molecular formula is C27H29N5Na2O8S2. The third-order valence-electron chi connectivity index (χ3n) is 7.66. The second-order valence-corrected chi connectivity index (χ2v) is 15.0. The van der Waals surface area contributed by atoms with Crippen molar-refractivity contribution in [2.24, 2.45) is 0 Å². The maximum absolute atomic E-state index is 13.8. The molecule has 2 aromatic rings. The number of nitrogens with one attached hydrogen (secondary N) is 3. The molecule has 5 rings (SSSR count). The number of fused-ring (bicyclic) bond motifs is 1. The predicted octanol–water partition coefficient (Wildman–Crippen LogP) is -7.39. The zero-order valence-electron chi connectivity index (χ0n) is 25.3. The first-order valence-corrected chi connectivity index (χ1v) is 14.9. The van der Waals surface area contributed by atoms with Crippen molar-refractivity contribution in [3.8, 4) is 11.3 Å². The molecule has 3 saturated heterocycles. The van der Waals surface area contributed by atoms with E-state index >= 15 is 0 Å². The maximum Gasteiger partial charge on any atom is 1.00 e. The van der Waals surface area contributed by atoms with Gasteiger partial charge in [0, 0.05) is 15.1 Å². The molecule has 3 aliphatic heterocycles. The second kappa shape index (κ2) is 13.7. The summed E-state index contributed by atoms with van der Waals surface area (Å²) in [6, 6.07) is 4.09. The van der Waals surface area contributed by atoms with Gasteiger partial charge in [-0.2, -0.15) is 0 Å². The van der Waals surface area contributed by atoms with Gasteiger partial charge in [-0.25, -0.2) is 0 Å². The average molecular weight is 662 g/mol. The molecule has 0 radical (unpaired) electrons. The summed E-state index contributed by atoms with van der Waals surface area (Å²) >= 11 is 2.35. The molecule has 0 spiro atoms. The number of benzene rings is 1. The van der Waals surface area contributed by atoms with Crippen molar-refractivity contribution in [1.29, 1.82) is 0 Å². The first-order valence-electron chi connectivity index (χ1n) is 13.1. The van der Waals surface area contributed by atoms with Crippen LogP contribution in [-0.4, -0.2) is 84.1 Å². The van der Waals surface area contributed by atoms with E-state index in [2.05, 4.69) is 21.1 Å². The Bertz CT molecular complexity index is 1470. The van der Waals surface area contributed by atoms with Gasteiger partial charge in [0.05, 0.1) is 29.4 Å². The molecule has 0 unspecified atom stereocenters. The Morgan fingerprint density at radius 2 is 1.66 bits per heavy atom. The number of carbonyl (C=O) groups is 5. The molecule has 1 aromatic carbocycles. The average Bonchev–Trinajstić information content (AvgIpc) is 3.54. The van der Waals surface area contributed by atoms with Crippen molar-refractivity contribution in [2.45, 2.75) is 79.0 Å². The van der Waals surface area contributed by atoms with Gasteiger partial charge < -0.3 is 39.9 Å². The number of hydrogen-bond donors (Lipinski definition) is 3. The maximum atomic E-state index is 13.8. The quantitative estimate of drug-likeness (QED) is 0.179. The number of amides is 3. The Morgan fingerprint density at radius 1 is 1.02 bits per heavy atom. The van der Waals surface area contributed by atoms with Gasteiger partial charge in [-0.15, -0.1) is 23.5 Å². The van der Waals surface area contributed by atoms with E-state index in [-0.39, 0.29) is 76.1 Å². The number of nitrogens with zero attached hydrogens (tertiary/aromatic N) is 2. The van der Waals surface area contributed by atoms with E-state index in [9.17, 15) is 34.2 Å². The third kappa shape index (κ3) is 6.63. The molecule has 13 nitrogen and oxygen atoms in total. The number of thioether (sulfide) groups is 2. The Kier molecular flexibility index (Phi) is 11.5. The fourth-order valence-electron chi connectivity index (χ4n) is 5.60. The standard InChI is InChI=1S/C27H31N5O8S2.2Na/c1-11-13(14(31-40-11)12-9-7-6-8-10-12)19(33)28-15(21-30-17(24(36)37)26(2,3)41-21)20(34)29-16-22(35)32-18(25(38)39)27(4,5)42-23(16)32;;/h6-10,15-18,21,23,30H,1-5H3,(H,28,33)(H,29,34)(H,36,37)(H,38,39);;/q;2*+1/p-2/t15-,16-,17+,18+,21-,23-;;/m1../s1. The summed E-state index contributed by atoms with van der Waals surface area (Å²) in [5.41, 5.74) is 0.955. The zero-order valence-corrected chi connectivity index (χ0v) is 31.0. The monoisotopic (exact) mass is 661 g/mol. The first-order chi connectivity index (χ1) is 19.6. The Labute approximate surface area is 306 Å². The zero-order chi connectivity index (χ0) is 30.7. The third-order valence-corrected chi connectivity index (χ3v) is 10.7. The van der Waals surface area contributed by atoms with Crippen LogP contribution in [0, 0.1) is 6.92 Å². The fourth-order valence-corrected chi connectivity index (χ4v) is 8.71. The van der Waals surface area contributed by atoms with Crippen LogP contribution in [0.15, 0.2) is 34.9 Å². The Balaban J connectivity index is 0.00000264. The van der Waals surface area contributed by atoms with Crippen molar-refractivity contribution >= 4 is 53.2 Å². The molecule has 3 amide bonds. The van der Waals surface area contributed by atoms with Crippen molar-refractivity contribution in [2.75, 3.05) is 0 Å². The van der Waals surface area contributed by atoms with Gasteiger partial charge in [0.2, 0.25) is 11.8 Å². The summed E-state index contributed by atoms with van der Waals surface area (Å²) < 4.78 is 3.53. The van der Waals surface area contributed by atoms with Crippen LogP contribution >= 0.6 is 23.5 Å². The molecule has 1 aromatic heterocycles. The van der Waals surface area contributed by atoms with E-state index in [4.69, 9.17) is 4.52 Å². The summed E-state index contributed by atoms with van der Waals surface area (Å²) in [6.45, 7) is 8.25. The summed E-state index contributed by atoms with van der Waals surface area (Å²) in [5.74, 6) is -4.60. The molecule has 0 aliphatic carbocycles. The van der Waals surface area contributed by atoms with E-state index in [1.54, 1.807) is 65.0 Å². The van der Waals surface area contributed by atoms with E-state index < -0.39 is 74.1 Å². The molecule has 6 atom stereocenters. The minimum absolute atomic E-state index is 0. The summed E-state index contributed by atoms with van der Waals surface area (Å²) in [7, 11) is 0. The number of hydrogen-bond acceptors (Lipinski definition) is 12. The van der Waals surface area contributed by atoms with E-state index in [1.165, 1.54) is 16.7 Å². The summed E-state index contributed by atoms with van der Waals surface area (Å²) in [6.07, 6.45) is 0. The van der Waals surface area contributed by atoms with Crippen molar-refractivity contribution < 1.29 is 97.8 Å². The van der Waals surface area contributed by atoms with Gasteiger partial charge in [0.1, 0.15) is 34.5 Å². The van der Waals surface area contributed by atoms with Crippen LogP contribution < -0.4 is 85.3 Å². The molecule has 44 heavy (non-hydrogen) atoms. The minimum atomic E-state index is -1.39. The Morgan fingerprint density at radius 3 is 2.23 bits per heavy atom. The molecule has 3 N–H and O–H groups in total. The molecular weight excluding hydrogens is 632 g/mol. The SMILES string of the molecule is Cc1onc(-c2ccccc2)c1C(=O)N[C@H](C(=O)N[C@@H]1C(=O)N2[C@@H]1SC(C)(C)[C@@H]2C(=O)[O-])[C@@H]1N[C@@H](C(=O)[O-])C(C)(C)S1.[Na+].[Na+]. The topological polar surface area (TPSA) is 197 Å². The van der Waals surface area contributed by atoms with E-state index in [0.29, 0.717) is 5.56 Å². The number of β-lactam (4-membered cyclic amide) rings is 1. The van der Waals surface area contributed by atoms with Crippen molar-refractivity contribution in [1.82, 2.24) is 26.0 Å². The van der Waals surface area contributed by atoms with E-state index in [1.807, 2.05) is 0 Å². The van der Waals surface area contributed by atoms with Gasteiger partial charge in [-0.3, -0.25) is 19.7 Å². The van der Waals surface area contributed by atoms with Gasteiger partial charge >= 0.3 is 59.1 Å². The number of carboxylic acid groups (broad SMARTS) is 2. The van der Waals surface area contributed by atoms with Crippen LogP contribution in [-0.2, 0) is 19.2 Å². The summed E-state index contributed by atoms with van der Waals surface area (Å²) in [4.78, 5) is 65.3. The fraction of sp³-hybridized carbons (Fsp3) is 0.481. The molecule has 0 bridgehead atoms.